The largest absolute Gasteiger partial charge is 0.487 e. The van der Waals surface area contributed by atoms with E-state index in [2.05, 4.69) is 26.1 Å². The smallest absolute Gasteiger partial charge is 0.264 e. The summed E-state index contributed by atoms with van der Waals surface area (Å²) in [7, 11) is -3.78. The van der Waals surface area contributed by atoms with Gasteiger partial charge >= 0.3 is 0 Å². The molecule has 0 saturated heterocycles. The molecule has 1 aliphatic heterocycles. The Morgan fingerprint density at radius 2 is 1.61 bits per heavy atom. The molecular formula is C26H28N2O4S. The molecule has 1 heterocycles. The number of nitrogens with one attached hydrogen (secondary N) is 1. The van der Waals surface area contributed by atoms with E-state index in [1.807, 2.05) is 25.1 Å². The van der Waals surface area contributed by atoms with Gasteiger partial charge in [-0.1, -0.05) is 45.0 Å². The van der Waals surface area contributed by atoms with E-state index in [1.54, 1.807) is 42.5 Å². The molecule has 1 amide bonds. The van der Waals surface area contributed by atoms with Gasteiger partial charge in [-0.15, -0.1) is 0 Å². The molecule has 0 aliphatic carbocycles. The monoisotopic (exact) mass is 464 g/mol. The molecule has 0 spiro atoms. The maximum Gasteiger partial charge on any atom is 0.264 e. The predicted octanol–water partition coefficient (Wildman–Crippen LogP) is 5.21. The molecule has 4 rings (SSSR count). The number of carbonyl (C=O) groups excluding carboxylic acids is 1. The van der Waals surface area contributed by atoms with E-state index < -0.39 is 10.0 Å². The molecule has 6 nitrogen and oxygen atoms in total. The van der Waals surface area contributed by atoms with Crippen molar-refractivity contribution in [2.24, 2.45) is 0 Å². The van der Waals surface area contributed by atoms with Gasteiger partial charge in [-0.3, -0.25) is 9.10 Å². The molecule has 0 aromatic heterocycles. The fourth-order valence-electron chi connectivity index (χ4n) is 3.74. The third-order valence-corrected chi connectivity index (χ3v) is 7.39. The third-order valence-electron chi connectivity index (χ3n) is 5.60. The summed E-state index contributed by atoms with van der Waals surface area (Å²) >= 11 is 0. The van der Waals surface area contributed by atoms with Crippen molar-refractivity contribution in [3.63, 3.8) is 0 Å². The fraction of sp³-hybridized carbons (Fsp3) is 0.269. The highest BCUT2D eigenvalue weighted by atomic mass is 32.2. The summed E-state index contributed by atoms with van der Waals surface area (Å²) in [5, 5.41) is 2.83. The summed E-state index contributed by atoms with van der Waals surface area (Å²) in [5.41, 5.74) is 2.74. The first-order valence-electron chi connectivity index (χ1n) is 10.9. The van der Waals surface area contributed by atoms with Crippen molar-refractivity contribution in [3.8, 4) is 5.75 Å². The van der Waals surface area contributed by atoms with Crippen LogP contribution in [0, 0.1) is 0 Å². The molecule has 3 aromatic rings. The Hall–Kier alpha value is -3.32. The van der Waals surface area contributed by atoms with Crippen LogP contribution in [0.25, 0.3) is 0 Å². The lowest BCUT2D eigenvalue weighted by Gasteiger charge is -2.34. The summed E-state index contributed by atoms with van der Waals surface area (Å²) in [6.07, 6.45) is -0.266. The molecule has 1 aliphatic rings. The van der Waals surface area contributed by atoms with Crippen molar-refractivity contribution in [2.75, 3.05) is 16.2 Å². The van der Waals surface area contributed by atoms with Crippen LogP contribution in [-0.2, 0) is 15.4 Å². The van der Waals surface area contributed by atoms with Gasteiger partial charge in [0.2, 0.25) is 0 Å². The van der Waals surface area contributed by atoms with Crippen LogP contribution in [-0.4, -0.2) is 27.0 Å². The van der Waals surface area contributed by atoms with Crippen LogP contribution in [0.4, 0.5) is 11.4 Å². The first kappa shape index (κ1) is 22.9. The normalized spacial score (nSPS) is 16.0. The van der Waals surface area contributed by atoms with Crippen molar-refractivity contribution in [3.05, 3.63) is 83.9 Å². The zero-order chi connectivity index (χ0) is 23.8. The average Bonchev–Trinajstić information content (AvgIpc) is 2.78. The molecule has 1 atom stereocenters. The molecule has 0 fully saturated rings. The second-order valence-electron chi connectivity index (χ2n) is 9.24. The van der Waals surface area contributed by atoms with E-state index >= 15 is 0 Å². The number of rotatable bonds is 4. The average molecular weight is 465 g/mol. The Labute approximate surface area is 195 Å². The molecular weight excluding hydrogens is 436 g/mol. The minimum absolute atomic E-state index is 0.00905. The van der Waals surface area contributed by atoms with Gasteiger partial charge < -0.3 is 10.1 Å². The molecule has 1 unspecified atom stereocenters. The second-order valence-corrected chi connectivity index (χ2v) is 11.1. The van der Waals surface area contributed by atoms with Gasteiger partial charge in [0, 0.05) is 11.3 Å². The van der Waals surface area contributed by atoms with Crippen LogP contribution >= 0.6 is 0 Å². The van der Waals surface area contributed by atoms with Gasteiger partial charge in [0.15, 0.2) is 0 Å². The summed E-state index contributed by atoms with van der Waals surface area (Å²) in [6.45, 7) is 8.42. The number of sulfonamides is 1. The van der Waals surface area contributed by atoms with Crippen LogP contribution in [0.2, 0.25) is 0 Å². The molecule has 0 radical (unpaired) electrons. The molecule has 172 valence electrons. The molecule has 7 heteroatoms. The van der Waals surface area contributed by atoms with E-state index in [9.17, 15) is 13.2 Å². The van der Waals surface area contributed by atoms with Crippen molar-refractivity contribution < 1.29 is 17.9 Å². The number of nitrogens with zero attached hydrogens (tertiary/aromatic N) is 1. The van der Waals surface area contributed by atoms with Gasteiger partial charge in [-0.2, -0.15) is 0 Å². The molecule has 33 heavy (non-hydrogen) atoms. The fourth-order valence-corrected chi connectivity index (χ4v) is 5.29. The second kappa shape index (κ2) is 8.56. The van der Waals surface area contributed by atoms with E-state index in [1.165, 1.54) is 16.4 Å². The first-order valence-corrected chi connectivity index (χ1v) is 12.3. The van der Waals surface area contributed by atoms with Crippen LogP contribution in [0.3, 0.4) is 0 Å². The van der Waals surface area contributed by atoms with Gasteiger partial charge in [0.25, 0.3) is 15.9 Å². The number of amides is 1. The highest BCUT2D eigenvalue weighted by molar-refractivity contribution is 7.92. The molecule has 3 aromatic carbocycles. The van der Waals surface area contributed by atoms with Crippen molar-refractivity contribution >= 4 is 27.3 Å². The van der Waals surface area contributed by atoms with Crippen LogP contribution in [0.5, 0.6) is 5.75 Å². The number of benzene rings is 3. The molecule has 0 bridgehead atoms. The standard InChI is InChI=1S/C26H28N2O4S/c1-18-17-28(23-7-5-6-8-24(23)32-18)33(30,31)22-15-13-21(14-16-22)27-25(29)19-9-11-20(12-10-19)26(2,3)4/h5-16,18H,17H2,1-4H3,(H,27,29). The summed E-state index contributed by atoms with van der Waals surface area (Å²) < 4.78 is 33.8. The first-order chi connectivity index (χ1) is 15.6. The number of carbonyl (C=O) groups is 1. The van der Waals surface area contributed by atoms with E-state index in [0.29, 0.717) is 22.7 Å². The van der Waals surface area contributed by atoms with Gasteiger partial charge in [-0.25, -0.2) is 8.42 Å². The molecule has 1 N–H and O–H groups in total. The van der Waals surface area contributed by atoms with Crippen LogP contribution < -0.4 is 14.4 Å². The topological polar surface area (TPSA) is 75.7 Å². The van der Waals surface area contributed by atoms with E-state index in [4.69, 9.17) is 4.74 Å². The summed E-state index contributed by atoms with van der Waals surface area (Å²) in [5.74, 6) is 0.295. The zero-order valence-electron chi connectivity index (χ0n) is 19.2. The van der Waals surface area contributed by atoms with E-state index in [-0.39, 0.29) is 28.9 Å². The third kappa shape index (κ3) is 4.73. The Morgan fingerprint density at radius 1 is 0.970 bits per heavy atom. The van der Waals surface area contributed by atoms with Crippen molar-refractivity contribution in [1.29, 1.82) is 0 Å². The van der Waals surface area contributed by atoms with E-state index in [0.717, 1.165) is 5.56 Å². The lowest BCUT2D eigenvalue weighted by Crippen LogP contribution is -2.42. The number of ether oxygens (including phenoxy) is 1. The van der Waals surface area contributed by atoms with Crippen molar-refractivity contribution in [2.45, 2.75) is 44.1 Å². The predicted molar refractivity (Wildman–Crippen MR) is 131 cm³/mol. The number of para-hydroxylation sites is 2. The Kier molecular flexibility index (Phi) is 5.93. The lowest BCUT2D eigenvalue weighted by molar-refractivity contribution is 0.102. The lowest BCUT2D eigenvalue weighted by atomic mass is 9.87. The number of hydrogen-bond donors (Lipinski definition) is 1. The minimum Gasteiger partial charge on any atom is -0.487 e. The highest BCUT2D eigenvalue weighted by Gasteiger charge is 2.32. The SMILES string of the molecule is CC1CN(S(=O)(=O)c2ccc(NC(=O)c3ccc(C(C)(C)C)cc3)cc2)c2ccccc2O1. The Balaban J connectivity index is 1.52. The van der Waals surface area contributed by atoms with Crippen molar-refractivity contribution in [1.82, 2.24) is 0 Å². The summed E-state index contributed by atoms with van der Waals surface area (Å²) in [4.78, 5) is 12.8. The number of fused-ring (bicyclic) bond motifs is 1. The summed E-state index contributed by atoms with van der Waals surface area (Å²) in [6, 6.07) is 20.8. The maximum atomic E-state index is 13.3. The van der Waals surface area contributed by atoms with Crippen LogP contribution in [0.1, 0.15) is 43.6 Å². The number of hydrogen-bond acceptors (Lipinski definition) is 4. The molecule has 0 saturated carbocycles. The quantitative estimate of drug-likeness (QED) is 0.575. The highest BCUT2D eigenvalue weighted by Crippen LogP contribution is 2.36. The number of anilines is 2. The van der Waals surface area contributed by atoms with Gasteiger partial charge in [0.1, 0.15) is 11.9 Å². The minimum atomic E-state index is -3.78. The maximum absolute atomic E-state index is 13.3. The Bertz CT molecular complexity index is 1260. The van der Waals surface area contributed by atoms with Gasteiger partial charge in [0.05, 0.1) is 17.1 Å². The zero-order valence-corrected chi connectivity index (χ0v) is 20.0. The van der Waals surface area contributed by atoms with Gasteiger partial charge in [-0.05, 0) is 66.4 Å². The Morgan fingerprint density at radius 3 is 2.24 bits per heavy atom. The van der Waals surface area contributed by atoms with Crippen LogP contribution in [0.15, 0.2) is 77.7 Å².